The van der Waals surface area contributed by atoms with Gasteiger partial charge in [-0.3, -0.25) is 0 Å². The minimum absolute atomic E-state index is 0.211. The van der Waals surface area contributed by atoms with E-state index in [1.54, 1.807) is 0 Å². The van der Waals surface area contributed by atoms with Crippen molar-refractivity contribution in [3.8, 4) is 0 Å². The summed E-state index contributed by atoms with van der Waals surface area (Å²) in [5.74, 6) is 3.19. The van der Waals surface area contributed by atoms with E-state index in [1.165, 1.54) is 44.9 Å². The molecule has 128 valence electrons. The number of nitrogens with zero attached hydrogens (tertiary/aromatic N) is 3. The third-order valence-electron chi connectivity index (χ3n) is 8.67. The van der Waals surface area contributed by atoms with Gasteiger partial charge in [-0.05, 0) is 91.4 Å². The van der Waals surface area contributed by atoms with Crippen molar-refractivity contribution >= 4 is 0 Å². The van der Waals surface area contributed by atoms with E-state index >= 15 is 0 Å². The van der Waals surface area contributed by atoms with Gasteiger partial charge in [-0.1, -0.05) is 25.4 Å². The molecule has 0 amide bonds. The Morgan fingerprint density at radius 1 is 1.09 bits per heavy atom. The largest absolute Gasteiger partial charge is 0.393 e. The first-order chi connectivity index (χ1) is 11.0. The van der Waals surface area contributed by atoms with Crippen LogP contribution in [0.3, 0.4) is 0 Å². The van der Waals surface area contributed by atoms with Crippen molar-refractivity contribution in [1.29, 1.82) is 0 Å². The Bertz CT molecular complexity index is 531. The van der Waals surface area contributed by atoms with E-state index < -0.39 is 6.10 Å². The van der Waals surface area contributed by atoms with Crippen LogP contribution in [0.2, 0.25) is 0 Å². The van der Waals surface area contributed by atoms with E-state index in [2.05, 4.69) is 23.9 Å². The minimum Gasteiger partial charge on any atom is -0.393 e. The first-order valence-corrected chi connectivity index (χ1v) is 9.70. The average molecular weight is 317 g/mol. The number of aliphatic hydroxyl groups excluding tert-OH is 1. The van der Waals surface area contributed by atoms with E-state index in [4.69, 9.17) is 5.53 Å². The monoisotopic (exact) mass is 317 g/mol. The lowest BCUT2D eigenvalue weighted by Gasteiger charge is -2.61. The highest BCUT2D eigenvalue weighted by Crippen LogP contribution is 2.66. The molecule has 1 N–H and O–H groups in total. The Hall–Kier alpha value is -0.730. The molecule has 0 heterocycles. The zero-order valence-electron chi connectivity index (χ0n) is 14.6. The van der Waals surface area contributed by atoms with Crippen LogP contribution in [0.5, 0.6) is 0 Å². The first kappa shape index (κ1) is 15.8. The molecule has 0 bridgehead atoms. The maximum Gasteiger partial charge on any atom is 0.0639 e. The molecule has 4 rings (SSSR count). The van der Waals surface area contributed by atoms with Crippen molar-refractivity contribution < 1.29 is 5.11 Å². The highest BCUT2D eigenvalue weighted by molar-refractivity contribution is 5.09. The van der Waals surface area contributed by atoms with Gasteiger partial charge in [0.1, 0.15) is 0 Å². The van der Waals surface area contributed by atoms with Gasteiger partial charge in [0.05, 0.1) is 12.1 Å². The molecular formula is C19H31N3O. The van der Waals surface area contributed by atoms with Gasteiger partial charge < -0.3 is 5.11 Å². The maximum atomic E-state index is 10.4. The molecule has 4 aliphatic rings. The molecule has 4 aliphatic carbocycles. The smallest absolute Gasteiger partial charge is 0.0639 e. The highest BCUT2D eigenvalue weighted by atomic mass is 16.3. The second-order valence-corrected chi connectivity index (χ2v) is 9.52. The molecule has 8 atom stereocenters. The summed E-state index contributed by atoms with van der Waals surface area (Å²) in [5, 5.41) is 14.3. The van der Waals surface area contributed by atoms with Gasteiger partial charge in [0.25, 0.3) is 0 Å². The number of rotatable bonds is 1. The first-order valence-electron chi connectivity index (χ1n) is 9.70. The summed E-state index contributed by atoms with van der Waals surface area (Å²) in [6.45, 7) is 5.00. The molecule has 4 fully saturated rings. The number of aliphatic hydroxyl groups is 1. The Morgan fingerprint density at radius 3 is 2.70 bits per heavy atom. The molecule has 0 aromatic heterocycles. The quantitative estimate of drug-likeness (QED) is 0.409. The summed E-state index contributed by atoms with van der Waals surface area (Å²) in [6, 6.07) is -0.211. The number of fused-ring (bicyclic) bond motifs is 5. The van der Waals surface area contributed by atoms with Gasteiger partial charge in [0.2, 0.25) is 0 Å². The van der Waals surface area contributed by atoms with Crippen molar-refractivity contribution in [3.05, 3.63) is 10.4 Å². The van der Waals surface area contributed by atoms with Crippen molar-refractivity contribution in [3.63, 3.8) is 0 Å². The van der Waals surface area contributed by atoms with Crippen LogP contribution in [0.25, 0.3) is 10.4 Å². The van der Waals surface area contributed by atoms with Gasteiger partial charge in [0, 0.05) is 4.91 Å². The SMILES string of the molecule is C[C@@]12CCC[C@H]1[C@@H]1CC[C@H]3C[C@@H](O)C(N=[N+]=[N-])C[C@]3(C)[C@H]1CC2. The Morgan fingerprint density at radius 2 is 1.91 bits per heavy atom. The summed E-state index contributed by atoms with van der Waals surface area (Å²) in [6.07, 6.45) is 11.0. The standard InChI is InChI=1S/C19H31N3O/c1-18-8-3-4-14(18)13-6-5-12-10-17(23)16(21-22-20)11-19(12,2)15(13)7-9-18/h12-17,23H,3-11H2,1-2H3/t12-,13-,14-,15-,16?,17+,18-,19-/m0/s1. The van der Waals surface area contributed by atoms with Crippen LogP contribution < -0.4 is 0 Å². The summed E-state index contributed by atoms with van der Waals surface area (Å²) < 4.78 is 0. The van der Waals surface area contributed by atoms with E-state index in [9.17, 15) is 5.11 Å². The molecule has 0 spiro atoms. The van der Waals surface area contributed by atoms with Gasteiger partial charge in [-0.15, -0.1) is 0 Å². The van der Waals surface area contributed by atoms with Crippen molar-refractivity contribution in [2.75, 3.05) is 0 Å². The van der Waals surface area contributed by atoms with E-state index in [-0.39, 0.29) is 11.5 Å². The van der Waals surface area contributed by atoms with Crippen LogP contribution in [0.1, 0.15) is 71.6 Å². The summed E-state index contributed by atoms with van der Waals surface area (Å²) in [7, 11) is 0. The average Bonchev–Trinajstić information content (AvgIpc) is 2.91. The van der Waals surface area contributed by atoms with E-state index in [1.807, 2.05) is 0 Å². The Labute approximate surface area is 139 Å². The van der Waals surface area contributed by atoms with Gasteiger partial charge >= 0.3 is 0 Å². The second kappa shape index (κ2) is 5.39. The fourth-order valence-corrected chi connectivity index (χ4v) is 7.45. The second-order valence-electron chi connectivity index (χ2n) is 9.52. The van der Waals surface area contributed by atoms with Crippen molar-refractivity contribution in [1.82, 2.24) is 0 Å². The molecule has 0 aliphatic heterocycles. The molecule has 1 unspecified atom stereocenters. The van der Waals surface area contributed by atoms with Gasteiger partial charge in [-0.2, -0.15) is 0 Å². The number of hydrogen-bond donors (Lipinski definition) is 1. The fraction of sp³-hybridized carbons (Fsp3) is 1.00. The normalized spacial score (nSPS) is 55.3. The zero-order chi connectivity index (χ0) is 16.2. The molecule has 0 aromatic carbocycles. The van der Waals surface area contributed by atoms with Crippen LogP contribution in [0, 0.1) is 34.5 Å². The highest BCUT2D eigenvalue weighted by Gasteiger charge is 2.58. The Balaban J connectivity index is 1.63. The van der Waals surface area contributed by atoms with Crippen LogP contribution in [0.4, 0.5) is 0 Å². The summed E-state index contributed by atoms with van der Waals surface area (Å²) in [4.78, 5) is 3.01. The maximum absolute atomic E-state index is 10.4. The van der Waals surface area contributed by atoms with Crippen LogP contribution >= 0.6 is 0 Å². The lowest BCUT2D eigenvalue weighted by Crippen LogP contribution is -2.55. The van der Waals surface area contributed by atoms with Gasteiger partial charge in [-0.25, -0.2) is 0 Å². The van der Waals surface area contributed by atoms with Crippen molar-refractivity contribution in [2.45, 2.75) is 83.8 Å². The molecule has 0 saturated heterocycles. The molecule has 4 saturated carbocycles. The molecular weight excluding hydrogens is 286 g/mol. The molecule has 0 radical (unpaired) electrons. The predicted molar refractivity (Wildman–Crippen MR) is 90.7 cm³/mol. The van der Waals surface area contributed by atoms with Crippen LogP contribution in [-0.2, 0) is 0 Å². The topological polar surface area (TPSA) is 69.0 Å². The predicted octanol–water partition coefficient (Wildman–Crippen LogP) is 5.07. The third kappa shape index (κ3) is 2.25. The third-order valence-corrected chi connectivity index (χ3v) is 8.67. The van der Waals surface area contributed by atoms with Gasteiger partial charge in [0.15, 0.2) is 0 Å². The number of azide groups is 1. The van der Waals surface area contributed by atoms with Crippen LogP contribution in [-0.4, -0.2) is 17.3 Å². The minimum atomic E-state index is -0.430. The van der Waals surface area contributed by atoms with Crippen molar-refractivity contribution in [2.24, 2.45) is 39.6 Å². The lowest BCUT2D eigenvalue weighted by atomic mass is 9.45. The summed E-state index contributed by atoms with van der Waals surface area (Å²) in [5.41, 5.74) is 9.72. The molecule has 4 nitrogen and oxygen atoms in total. The molecule has 0 aromatic rings. The van der Waals surface area contributed by atoms with E-state index in [0.717, 1.165) is 30.6 Å². The number of hydrogen-bond acceptors (Lipinski definition) is 2. The zero-order valence-corrected chi connectivity index (χ0v) is 14.6. The fourth-order valence-electron chi connectivity index (χ4n) is 7.45. The lowest BCUT2D eigenvalue weighted by molar-refractivity contribution is -0.126. The molecule has 23 heavy (non-hydrogen) atoms. The molecule has 4 heteroatoms. The van der Waals surface area contributed by atoms with E-state index in [0.29, 0.717) is 11.3 Å². The van der Waals surface area contributed by atoms with Crippen LogP contribution in [0.15, 0.2) is 5.11 Å². The summed E-state index contributed by atoms with van der Waals surface area (Å²) >= 11 is 0. The Kier molecular flexibility index (Phi) is 3.70.